The molecule has 0 radical (unpaired) electrons. The molecule has 1 N–H and O–H groups in total. The maximum absolute atomic E-state index is 12.0. The summed E-state index contributed by atoms with van der Waals surface area (Å²) in [5.74, 6) is 0. The van der Waals surface area contributed by atoms with Crippen molar-refractivity contribution in [3.05, 3.63) is 14.6 Å². The third-order valence-electron chi connectivity index (χ3n) is 1.69. The number of halogens is 2. The lowest BCUT2D eigenvalue weighted by atomic mass is 10.9. The van der Waals surface area contributed by atoms with Gasteiger partial charge in [-0.1, -0.05) is 16.6 Å². The summed E-state index contributed by atoms with van der Waals surface area (Å²) in [6, 6.07) is 0. The smallest absolute Gasteiger partial charge is 0.253 e. The van der Waals surface area contributed by atoms with Crippen LogP contribution in [0.5, 0.6) is 0 Å². The molecule has 0 spiro atoms. The fraction of sp³-hybridized carbons (Fsp3) is 0.167. The predicted molar refractivity (Wildman–Crippen MR) is 69.3 cm³/mol. The third-order valence-corrected chi connectivity index (χ3v) is 5.44. The molecule has 2 aromatic rings. The Morgan fingerprint density at radius 2 is 2.18 bits per heavy atom. The van der Waals surface area contributed by atoms with E-state index in [0.29, 0.717) is 0 Å². The first kappa shape index (κ1) is 12.9. The molecule has 0 saturated heterocycles. The minimum atomic E-state index is -3.75. The van der Waals surface area contributed by atoms with Gasteiger partial charge in [0.05, 0.1) is 9.98 Å². The first-order chi connectivity index (χ1) is 7.90. The van der Waals surface area contributed by atoms with Crippen LogP contribution in [0.4, 0.5) is 5.13 Å². The zero-order valence-electron chi connectivity index (χ0n) is 8.26. The average molecular weight is 403 g/mol. The van der Waals surface area contributed by atoms with Crippen molar-refractivity contribution < 1.29 is 8.42 Å². The Morgan fingerprint density at radius 1 is 1.47 bits per heavy atom. The highest BCUT2D eigenvalue weighted by Gasteiger charge is 2.24. The fourth-order valence-corrected chi connectivity index (χ4v) is 4.52. The van der Waals surface area contributed by atoms with Crippen molar-refractivity contribution in [1.82, 2.24) is 20.0 Å². The van der Waals surface area contributed by atoms with Crippen molar-refractivity contribution >= 4 is 58.4 Å². The van der Waals surface area contributed by atoms with Gasteiger partial charge in [0.1, 0.15) is 0 Å². The number of sulfonamides is 1. The molecule has 0 aliphatic heterocycles. The number of anilines is 1. The maximum Gasteiger partial charge on any atom is 0.283 e. The predicted octanol–water partition coefficient (Wildman–Crippen LogP) is 1.60. The zero-order valence-corrected chi connectivity index (χ0v) is 13.1. The molecule has 11 heteroatoms. The second-order valence-corrected chi connectivity index (χ2v) is 7.64. The summed E-state index contributed by atoms with van der Waals surface area (Å²) in [6.07, 6.45) is 1.51. The van der Waals surface area contributed by atoms with E-state index in [-0.39, 0.29) is 14.8 Å². The van der Waals surface area contributed by atoms with Gasteiger partial charge in [-0.3, -0.25) is 4.72 Å². The van der Waals surface area contributed by atoms with Crippen LogP contribution in [0.2, 0.25) is 0 Å². The topological polar surface area (TPSA) is 89.8 Å². The van der Waals surface area contributed by atoms with Crippen molar-refractivity contribution in [1.29, 1.82) is 0 Å². The first-order valence-corrected chi connectivity index (χ1v) is 7.98. The minimum absolute atomic E-state index is 0.0520. The van der Waals surface area contributed by atoms with Crippen LogP contribution in [-0.2, 0) is 17.1 Å². The summed E-state index contributed by atoms with van der Waals surface area (Å²) in [5.41, 5.74) is 0. The largest absolute Gasteiger partial charge is 0.283 e. The van der Waals surface area contributed by atoms with E-state index in [4.69, 9.17) is 0 Å². The van der Waals surface area contributed by atoms with Crippen LogP contribution >= 0.6 is 43.2 Å². The summed E-state index contributed by atoms with van der Waals surface area (Å²) in [4.78, 5) is 3.89. The van der Waals surface area contributed by atoms with E-state index in [0.717, 1.165) is 8.47 Å². The molecule has 0 bridgehead atoms. The number of aromatic nitrogens is 4. The lowest BCUT2D eigenvalue weighted by Crippen LogP contribution is -2.17. The van der Waals surface area contributed by atoms with Gasteiger partial charge in [-0.15, -0.1) is 5.10 Å². The minimum Gasteiger partial charge on any atom is -0.253 e. The number of aryl methyl sites for hydroxylation is 1. The molecule has 0 saturated carbocycles. The molecule has 17 heavy (non-hydrogen) atoms. The average Bonchev–Trinajstić information content (AvgIpc) is 2.73. The highest BCUT2D eigenvalue weighted by molar-refractivity contribution is 9.11. The van der Waals surface area contributed by atoms with Gasteiger partial charge in [-0.2, -0.15) is 8.42 Å². The van der Waals surface area contributed by atoms with Gasteiger partial charge < -0.3 is 0 Å². The van der Waals surface area contributed by atoms with E-state index < -0.39 is 10.0 Å². The standard InChI is InChI=1S/C6H5Br2N5O2S2/c1-13-5(4(8)10-12-13)17(14,15)11-6-9-2-3(7)16-6/h2H,1H3,(H,9,11). The van der Waals surface area contributed by atoms with Gasteiger partial charge in [0, 0.05) is 7.05 Å². The maximum atomic E-state index is 12.0. The number of hydrogen-bond donors (Lipinski definition) is 1. The van der Waals surface area contributed by atoms with Crippen LogP contribution in [0.3, 0.4) is 0 Å². The van der Waals surface area contributed by atoms with E-state index in [1.807, 2.05) is 0 Å². The molecule has 2 aromatic heterocycles. The van der Waals surface area contributed by atoms with Crippen molar-refractivity contribution in [2.75, 3.05) is 4.72 Å². The van der Waals surface area contributed by atoms with Gasteiger partial charge >= 0.3 is 0 Å². The van der Waals surface area contributed by atoms with E-state index >= 15 is 0 Å². The Kier molecular flexibility index (Phi) is 3.52. The van der Waals surface area contributed by atoms with Gasteiger partial charge in [-0.05, 0) is 31.9 Å². The lowest BCUT2D eigenvalue weighted by molar-refractivity contribution is 0.578. The molecule has 0 aromatic carbocycles. The molecule has 0 fully saturated rings. The molecule has 0 atom stereocenters. The number of nitrogens with one attached hydrogen (secondary N) is 1. The molecular weight excluding hydrogens is 398 g/mol. The van der Waals surface area contributed by atoms with E-state index in [9.17, 15) is 8.42 Å². The summed E-state index contributed by atoms with van der Waals surface area (Å²) < 4.78 is 28.4. The Morgan fingerprint density at radius 3 is 2.65 bits per heavy atom. The monoisotopic (exact) mass is 401 g/mol. The molecule has 0 aliphatic carbocycles. The number of rotatable bonds is 3. The second-order valence-electron chi connectivity index (χ2n) is 2.88. The molecule has 92 valence electrons. The quantitative estimate of drug-likeness (QED) is 0.841. The van der Waals surface area contributed by atoms with Crippen molar-refractivity contribution in [3.63, 3.8) is 0 Å². The lowest BCUT2D eigenvalue weighted by Gasteiger charge is -2.04. The van der Waals surface area contributed by atoms with Gasteiger partial charge in [-0.25, -0.2) is 9.67 Å². The molecule has 7 nitrogen and oxygen atoms in total. The number of nitrogens with zero attached hydrogens (tertiary/aromatic N) is 4. The third kappa shape index (κ3) is 2.67. The molecule has 2 heterocycles. The van der Waals surface area contributed by atoms with Gasteiger partial charge in [0.2, 0.25) is 5.03 Å². The summed E-state index contributed by atoms with van der Waals surface area (Å²) in [5, 5.41) is 7.43. The highest BCUT2D eigenvalue weighted by atomic mass is 79.9. The van der Waals surface area contributed by atoms with Crippen LogP contribution in [0.15, 0.2) is 19.6 Å². The number of hydrogen-bond acceptors (Lipinski definition) is 6. The highest BCUT2D eigenvalue weighted by Crippen LogP contribution is 2.26. The SMILES string of the molecule is Cn1nnc(Br)c1S(=O)(=O)Nc1ncc(Br)s1. The Labute approximate surface area is 118 Å². The summed E-state index contributed by atoms with van der Waals surface area (Å²) in [6.45, 7) is 0. The normalized spacial score (nSPS) is 11.7. The Balaban J connectivity index is 2.38. The first-order valence-electron chi connectivity index (χ1n) is 4.09. The summed E-state index contributed by atoms with van der Waals surface area (Å²) in [7, 11) is -2.26. The van der Waals surface area contributed by atoms with Crippen LogP contribution in [0, 0.1) is 0 Å². The van der Waals surface area contributed by atoms with E-state index in [1.165, 1.54) is 24.6 Å². The molecule has 2 rings (SSSR count). The van der Waals surface area contributed by atoms with E-state index in [2.05, 4.69) is 51.9 Å². The van der Waals surface area contributed by atoms with Gasteiger partial charge in [0.15, 0.2) is 9.73 Å². The number of thiazole rings is 1. The second kappa shape index (κ2) is 4.63. The van der Waals surface area contributed by atoms with Crippen molar-refractivity contribution in [2.45, 2.75) is 5.03 Å². The van der Waals surface area contributed by atoms with Crippen molar-refractivity contribution in [2.24, 2.45) is 7.05 Å². The summed E-state index contributed by atoms with van der Waals surface area (Å²) >= 11 is 7.40. The fourth-order valence-electron chi connectivity index (χ4n) is 1.07. The van der Waals surface area contributed by atoms with Gasteiger partial charge in [0.25, 0.3) is 10.0 Å². The van der Waals surface area contributed by atoms with Crippen LogP contribution in [-0.4, -0.2) is 28.4 Å². The van der Waals surface area contributed by atoms with Crippen LogP contribution in [0.25, 0.3) is 0 Å². The zero-order chi connectivity index (χ0) is 12.6. The van der Waals surface area contributed by atoms with E-state index in [1.54, 1.807) is 0 Å². The molecule has 0 unspecified atom stereocenters. The van der Waals surface area contributed by atoms with Crippen LogP contribution in [0.1, 0.15) is 0 Å². The Hall–Kier alpha value is -0.520. The molecular formula is C6H5Br2N5O2S2. The van der Waals surface area contributed by atoms with Crippen LogP contribution < -0.4 is 4.72 Å². The Bertz CT molecular complexity index is 630. The molecule has 0 aliphatic rings. The molecule has 0 amide bonds. The van der Waals surface area contributed by atoms with Crippen molar-refractivity contribution in [3.8, 4) is 0 Å².